The molecule has 1 atom stereocenters. The topological polar surface area (TPSA) is 30.5 Å². The third-order valence-corrected chi connectivity index (χ3v) is 6.50. The van der Waals surface area contributed by atoms with Crippen LogP contribution in [0.3, 0.4) is 0 Å². The van der Waals surface area contributed by atoms with Gasteiger partial charge in [0.15, 0.2) is 0 Å². The monoisotopic (exact) mass is 229 g/mol. The molecule has 0 aromatic carbocycles. The molecule has 12 heavy (non-hydrogen) atoms. The molecule has 0 radical (unpaired) electrons. The van der Waals surface area contributed by atoms with Gasteiger partial charge in [-0.3, -0.25) is 4.72 Å². The highest BCUT2D eigenvalue weighted by Crippen LogP contribution is 2.58. The number of nitrogens with one attached hydrogen (secondary N) is 1. The molecule has 0 aliphatic heterocycles. The second kappa shape index (κ2) is 6.35. The summed E-state index contributed by atoms with van der Waals surface area (Å²) in [7, 11) is 3.16. The Bertz CT molecular complexity index is 160. The largest absolute Gasteiger partial charge is 0.324 e. The van der Waals surface area contributed by atoms with Gasteiger partial charge in [-0.25, -0.2) is 0 Å². The van der Waals surface area contributed by atoms with Crippen molar-refractivity contribution in [2.45, 2.75) is 26.3 Å². The van der Waals surface area contributed by atoms with Gasteiger partial charge in [-0.2, -0.15) is 0 Å². The first-order valence-corrected chi connectivity index (χ1v) is 7.79. The van der Waals surface area contributed by atoms with Gasteiger partial charge >= 0.3 is 0 Å². The van der Waals surface area contributed by atoms with Crippen LogP contribution >= 0.6 is 17.3 Å². The molecule has 0 fully saturated rings. The number of hydrogen-bond acceptors (Lipinski definition) is 5. The van der Waals surface area contributed by atoms with Crippen molar-refractivity contribution in [2.24, 2.45) is 0 Å². The van der Waals surface area contributed by atoms with E-state index in [4.69, 9.17) is 20.9 Å². The van der Waals surface area contributed by atoms with Gasteiger partial charge in [-0.05, 0) is 25.2 Å². The van der Waals surface area contributed by atoms with E-state index in [1.165, 1.54) is 11.6 Å². The number of rotatable bonds is 6. The van der Waals surface area contributed by atoms with Crippen LogP contribution in [0.2, 0.25) is 0 Å². The van der Waals surface area contributed by atoms with Crippen LogP contribution < -0.4 is 4.72 Å². The quantitative estimate of drug-likeness (QED) is 0.558. The minimum atomic E-state index is -2.11. The molecule has 0 amide bonds. The Hall–Kier alpha value is 0.880. The van der Waals surface area contributed by atoms with Gasteiger partial charge in [0.1, 0.15) is 0 Å². The van der Waals surface area contributed by atoms with Gasteiger partial charge in [-0.1, -0.05) is 6.92 Å². The van der Waals surface area contributed by atoms with Crippen LogP contribution in [-0.4, -0.2) is 20.3 Å². The molecule has 0 spiro atoms. The van der Waals surface area contributed by atoms with E-state index in [1.807, 2.05) is 0 Å². The molecule has 74 valence electrons. The Labute approximate surface area is 83.6 Å². The maximum atomic E-state index is 5.14. The standard InChI is InChI=1S/C6H16NO2PS2/c1-5-6(2)7-12-10(11,8-3)9-4/h6-7H,5H2,1-4H3. The third kappa shape index (κ3) is 4.80. The molecule has 0 aromatic heterocycles. The predicted molar refractivity (Wildman–Crippen MR) is 58.8 cm³/mol. The molecular weight excluding hydrogens is 213 g/mol. The van der Waals surface area contributed by atoms with E-state index in [-0.39, 0.29) is 0 Å². The zero-order chi connectivity index (χ0) is 9.61. The van der Waals surface area contributed by atoms with Crippen LogP contribution in [-0.2, 0) is 20.9 Å². The zero-order valence-electron chi connectivity index (χ0n) is 7.86. The molecule has 3 nitrogen and oxygen atoms in total. The van der Waals surface area contributed by atoms with E-state index in [0.717, 1.165) is 6.42 Å². The average Bonchev–Trinajstić information content (AvgIpc) is 2.13. The smallest absolute Gasteiger partial charge is 0.261 e. The first-order valence-electron chi connectivity index (χ1n) is 3.73. The molecule has 1 N–H and O–H groups in total. The van der Waals surface area contributed by atoms with E-state index >= 15 is 0 Å². The second-order valence-corrected chi connectivity index (χ2v) is 8.50. The summed E-state index contributed by atoms with van der Waals surface area (Å²) in [4.78, 5) is 0. The second-order valence-electron chi connectivity index (χ2n) is 2.33. The molecule has 0 aromatic rings. The van der Waals surface area contributed by atoms with Gasteiger partial charge in [0.2, 0.25) is 0 Å². The highest BCUT2D eigenvalue weighted by molar-refractivity contribution is 8.67. The molecule has 0 aliphatic rings. The Morgan fingerprint density at radius 3 is 2.33 bits per heavy atom. The summed E-state index contributed by atoms with van der Waals surface area (Å²) in [6.07, 6.45) is 1.07. The molecule has 0 saturated carbocycles. The van der Waals surface area contributed by atoms with Crippen molar-refractivity contribution >= 4 is 29.1 Å². The summed E-state index contributed by atoms with van der Waals surface area (Å²) in [5.41, 5.74) is -2.11. The third-order valence-electron chi connectivity index (χ3n) is 1.43. The van der Waals surface area contributed by atoms with Gasteiger partial charge < -0.3 is 9.05 Å². The fourth-order valence-corrected chi connectivity index (χ4v) is 2.92. The fourth-order valence-electron chi connectivity index (χ4n) is 0.387. The minimum absolute atomic E-state index is 0.433. The first kappa shape index (κ1) is 12.9. The number of hydrogen-bond donors (Lipinski definition) is 1. The lowest BCUT2D eigenvalue weighted by molar-refractivity contribution is 0.353. The van der Waals surface area contributed by atoms with Crippen molar-refractivity contribution in [3.05, 3.63) is 0 Å². The molecule has 0 rings (SSSR count). The van der Waals surface area contributed by atoms with Gasteiger partial charge in [0.25, 0.3) is 5.69 Å². The summed E-state index contributed by atoms with van der Waals surface area (Å²) >= 11 is 6.53. The minimum Gasteiger partial charge on any atom is -0.324 e. The summed E-state index contributed by atoms with van der Waals surface area (Å²) in [5.74, 6) is 0. The Morgan fingerprint density at radius 1 is 1.50 bits per heavy atom. The Balaban J connectivity index is 3.81. The lowest BCUT2D eigenvalue weighted by Gasteiger charge is -2.18. The van der Waals surface area contributed by atoms with E-state index < -0.39 is 5.69 Å². The van der Waals surface area contributed by atoms with Crippen molar-refractivity contribution < 1.29 is 9.05 Å². The van der Waals surface area contributed by atoms with Crippen molar-refractivity contribution in [3.8, 4) is 0 Å². The normalized spacial score (nSPS) is 14.7. The maximum Gasteiger partial charge on any atom is 0.261 e. The summed E-state index contributed by atoms with van der Waals surface area (Å²) in [6, 6.07) is 0.433. The first-order chi connectivity index (χ1) is 5.58. The van der Waals surface area contributed by atoms with Crippen LogP contribution in [0, 0.1) is 0 Å². The molecule has 1 unspecified atom stereocenters. The van der Waals surface area contributed by atoms with Gasteiger partial charge in [-0.15, -0.1) is 0 Å². The maximum absolute atomic E-state index is 5.14. The molecular formula is C6H16NO2PS2. The summed E-state index contributed by atoms with van der Waals surface area (Å²) in [6.45, 7) is 4.21. The molecule has 6 heteroatoms. The van der Waals surface area contributed by atoms with Gasteiger partial charge in [0.05, 0.1) is 0 Å². The van der Waals surface area contributed by atoms with Crippen LogP contribution in [0.5, 0.6) is 0 Å². The fraction of sp³-hybridized carbons (Fsp3) is 1.00. The summed E-state index contributed by atoms with van der Waals surface area (Å²) in [5, 5.41) is 0. The Kier molecular flexibility index (Phi) is 6.82. The SMILES string of the molecule is CCC(C)NSP(=S)(OC)OC. The van der Waals surface area contributed by atoms with Crippen LogP contribution in [0.1, 0.15) is 20.3 Å². The zero-order valence-corrected chi connectivity index (χ0v) is 10.4. The van der Waals surface area contributed by atoms with Crippen LogP contribution in [0.4, 0.5) is 0 Å². The Morgan fingerprint density at radius 2 is 2.00 bits per heavy atom. The van der Waals surface area contributed by atoms with Crippen molar-refractivity contribution in [3.63, 3.8) is 0 Å². The predicted octanol–water partition coefficient (Wildman–Crippen LogP) is 2.54. The molecule has 0 bridgehead atoms. The van der Waals surface area contributed by atoms with Crippen LogP contribution in [0.25, 0.3) is 0 Å². The highest BCUT2D eigenvalue weighted by atomic mass is 32.9. The van der Waals surface area contributed by atoms with Crippen molar-refractivity contribution in [1.29, 1.82) is 0 Å². The molecule has 0 heterocycles. The van der Waals surface area contributed by atoms with Gasteiger partial charge in [0, 0.05) is 31.8 Å². The highest BCUT2D eigenvalue weighted by Gasteiger charge is 2.16. The summed E-state index contributed by atoms with van der Waals surface area (Å²) < 4.78 is 13.4. The van der Waals surface area contributed by atoms with Crippen molar-refractivity contribution in [2.75, 3.05) is 14.2 Å². The lowest BCUT2D eigenvalue weighted by Crippen LogP contribution is -2.17. The van der Waals surface area contributed by atoms with Crippen molar-refractivity contribution in [1.82, 2.24) is 4.72 Å². The van der Waals surface area contributed by atoms with Crippen LogP contribution in [0.15, 0.2) is 0 Å². The molecule has 0 aliphatic carbocycles. The lowest BCUT2D eigenvalue weighted by atomic mass is 10.3. The van der Waals surface area contributed by atoms with E-state index in [2.05, 4.69) is 18.6 Å². The van der Waals surface area contributed by atoms with E-state index in [9.17, 15) is 0 Å². The van der Waals surface area contributed by atoms with E-state index in [1.54, 1.807) is 14.2 Å². The average molecular weight is 229 g/mol. The van der Waals surface area contributed by atoms with E-state index in [0.29, 0.717) is 6.04 Å². The molecule has 0 saturated heterocycles.